The van der Waals surface area contributed by atoms with Gasteiger partial charge in [-0.3, -0.25) is 9.48 Å². The summed E-state index contributed by atoms with van der Waals surface area (Å²) in [5.41, 5.74) is 2.46. The van der Waals surface area contributed by atoms with Crippen molar-refractivity contribution in [3.05, 3.63) is 51.3 Å². The van der Waals surface area contributed by atoms with Crippen molar-refractivity contribution in [2.24, 2.45) is 0 Å². The van der Waals surface area contributed by atoms with E-state index in [2.05, 4.69) is 26.3 Å². The minimum absolute atomic E-state index is 0.0761. The van der Waals surface area contributed by atoms with Crippen LogP contribution in [-0.4, -0.2) is 33.3 Å². The van der Waals surface area contributed by atoms with Crippen LogP contribution in [0.15, 0.2) is 28.7 Å². The smallest absolute Gasteiger partial charge is 0.335 e. The second-order valence-electron chi connectivity index (χ2n) is 5.29. The number of hydrogen-bond acceptors (Lipinski definition) is 3. The summed E-state index contributed by atoms with van der Waals surface area (Å²) in [6.45, 7) is 5.15. The zero-order chi connectivity index (χ0) is 17.0. The van der Waals surface area contributed by atoms with E-state index in [9.17, 15) is 9.59 Å². The summed E-state index contributed by atoms with van der Waals surface area (Å²) >= 11 is 3.22. The Hall–Kier alpha value is -2.15. The SMILES string of the molecule is Cc1cc(C)n(CCCNC(=O)c2cc(Br)cc(C(=O)O)c2)n1. The van der Waals surface area contributed by atoms with Crippen LogP contribution in [0.2, 0.25) is 0 Å². The van der Waals surface area contributed by atoms with E-state index in [1.54, 1.807) is 6.07 Å². The first kappa shape index (κ1) is 17.2. The van der Waals surface area contributed by atoms with Crippen LogP contribution in [0.4, 0.5) is 0 Å². The Morgan fingerprint density at radius 2 is 1.91 bits per heavy atom. The number of hydrogen-bond donors (Lipinski definition) is 2. The number of aromatic carboxylic acids is 1. The molecule has 2 N–H and O–H groups in total. The lowest BCUT2D eigenvalue weighted by molar-refractivity contribution is 0.0697. The molecule has 122 valence electrons. The number of aromatic nitrogens is 2. The molecule has 0 unspecified atom stereocenters. The number of carboxylic acid groups (broad SMARTS) is 1. The minimum atomic E-state index is -1.06. The molecule has 23 heavy (non-hydrogen) atoms. The predicted molar refractivity (Wildman–Crippen MR) is 89.8 cm³/mol. The second-order valence-corrected chi connectivity index (χ2v) is 6.21. The lowest BCUT2D eigenvalue weighted by Crippen LogP contribution is -2.25. The molecule has 0 saturated carbocycles. The average Bonchev–Trinajstić information content (AvgIpc) is 2.80. The third-order valence-corrected chi connectivity index (χ3v) is 3.80. The number of rotatable bonds is 6. The Balaban J connectivity index is 1.90. The summed E-state index contributed by atoms with van der Waals surface area (Å²) in [7, 11) is 0. The van der Waals surface area contributed by atoms with Gasteiger partial charge in [0.15, 0.2) is 0 Å². The number of aryl methyl sites for hydroxylation is 3. The molecule has 1 amide bonds. The molecule has 0 aliphatic rings. The van der Waals surface area contributed by atoms with Gasteiger partial charge in [-0.2, -0.15) is 5.10 Å². The van der Waals surface area contributed by atoms with Crippen molar-refractivity contribution in [1.82, 2.24) is 15.1 Å². The number of benzene rings is 1. The standard InChI is InChI=1S/C16H18BrN3O3/c1-10-6-11(2)20(19-10)5-3-4-18-15(21)12-7-13(16(22)23)9-14(17)8-12/h6-9H,3-5H2,1-2H3,(H,18,21)(H,22,23). The number of halogens is 1. The van der Waals surface area contributed by atoms with E-state index in [0.29, 0.717) is 16.6 Å². The number of nitrogens with one attached hydrogen (secondary N) is 1. The summed E-state index contributed by atoms with van der Waals surface area (Å²) in [6, 6.07) is 6.43. The van der Waals surface area contributed by atoms with Crippen molar-refractivity contribution in [3.8, 4) is 0 Å². The maximum absolute atomic E-state index is 12.1. The first-order chi connectivity index (χ1) is 10.9. The Bertz CT molecular complexity index is 740. The number of carbonyl (C=O) groups excluding carboxylic acids is 1. The molecule has 0 aliphatic heterocycles. The molecule has 2 rings (SSSR count). The van der Waals surface area contributed by atoms with Crippen LogP contribution in [0.5, 0.6) is 0 Å². The summed E-state index contributed by atoms with van der Waals surface area (Å²) in [6.07, 6.45) is 0.744. The Morgan fingerprint density at radius 1 is 1.22 bits per heavy atom. The van der Waals surface area contributed by atoms with Gasteiger partial charge >= 0.3 is 5.97 Å². The van der Waals surface area contributed by atoms with Gasteiger partial charge in [0.25, 0.3) is 5.91 Å². The number of carbonyl (C=O) groups is 2. The van der Waals surface area contributed by atoms with Crippen LogP contribution in [-0.2, 0) is 6.54 Å². The van der Waals surface area contributed by atoms with Crippen LogP contribution < -0.4 is 5.32 Å². The van der Waals surface area contributed by atoms with E-state index in [4.69, 9.17) is 5.11 Å². The molecule has 1 aromatic heterocycles. The highest BCUT2D eigenvalue weighted by Gasteiger charge is 2.11. The zero-order valence-electron chi connectivity index (χ0n) is 13.0. The highest BCUT2D eigenvalue weighted by Crippen LogP contribution is 2.16. The van der Waals surface area contributed by atoms with Crippen LogP contribution >= 0.6 is 15.9 Å². The van der Waals surface area contributed by atoms with Crippen molar-refractivity contribution in [2.75, 3.05) is 6.54 Å². The molecule has 0 spiro atoms. The first-order valence-electron chi connectivity index (χ1n) is 7.20. The van der Waals surface area contributed by atoms with Gasteiger partial charge in [0, 0.05) is 28.8 Å². The molecule has 1 heterocycles. The molecular weight excluding hydrogens is 362 g/mol. The van der Waals surface area contributed by atoms with Crippen molar-refractivity contribution in [1.29, 1.82) is 0 Å². The van der Waals surface area contributed by atoms with Crippen molar-refractivity contribution in [2.45, 2.75) is 26.8 Å². The Kier molecular flexibility index (Phi) is 5.54. The number of carboxylic acids is 1. The lowest BCUT2D eigenvalue weighted by Gasteiger charge is -2.08. The van der Waals surface area contributed by atoms with Gasteiger partial charge in [0.05, 0.1) is 11.3 Å². The first-order valence-corrected chi connectivity index (χ1v) is 7.99. The molecule has 0 atom stereocenters. The summed E-state index contributed by atoms with van der Waals surface area (Å²) < 4.78 is 2.47. The topological polar surface area (TPSA) is 84.2 Å². The maximum atomic E-state index is 12.1. The number of amides is 1. The van der Waals surface area contributed by atoms with Crippen LogP contribution in [0.3, 0.4) is 0 Å². The summed E-state index contributed by atoms with van der Waals surface area (Å²) in [5, 5.41) is 16.2. The third-order valence-electron chi connectivity index (χ3n) is 3.34. The van der Waals surface area contributed by atoms with Gasteiger partial charge in [0.2, 0.25) is 0 Å². The quantitative estimate of drug-likeness (QED) is 0.755. The minimum Gasteiger partial charge on any atom is -0.478 e. The molecule has 0 fully saturated rings. The van der Waals surface area contributed by atoms with Gasteiger partial charge < -0.3 is 10.4 Å². The van der Waals surface area contributed by atoms with E-state index in [0.717, 1.165) is 24.4 Å². The fraction of sp³-hybridized carbons (Fsp3) is 0.312. The fourth-order valence-corrected chi connectivity index (χ4v) is 2.77. The van der Waals surface area contributed by atoms with E-state index in [1.807, 2.05) is 24.6 Å². The van der Waals surface area contributed by atoms with E-state index in [1.165, 1.54) is 12.1 Å². The molecule has 0 aliphatic carbocycles. The third kappa shape index (κ3) is 4.66. The molecule has 7 heteroatoms. The summed E-state index contributed by atoms with van der Waals surface area (Å²) in [4.78, 5) is 23.1. The molecule has 1 aromatic carbocycles. The van der Waals surface area contributed by atoms with Crippen LogP contribution in [0, 0.1) is 13.8 Å². The van der Waals surface area contributed by atoms with Gasteiger partial charge in [-0.1, -0.05) is 15.9 Å². The highest BCUT2D eigenvalue weighted by molar-refractivity contribution is 9.10. The van der Waals surface area contributed by atoms with Crippen molar-refractivity contribution in [3.63, 3.8) is 0 Å². The normalized spacial score (nSPS) is 10.6. The Labute approximate surface area is 142 Å². The molecule has 6 nitrogen and oxygen atoms in total. The summed E-state index contributed by atoms with van der Waals surface area (Å²) in [5.74, 6) is -1.35. The van der Waals surface area contributed by atoms with Gasteiger partial charge in [-0.15, -0.1) is 0 Å². The predicted octanol–water partition coefficient (Wildman–Crippen LogP) is 2.78. The average molecular weight is 380 g/mol. The lowest BCUT2D eigenvalue weighted by atomic mass is 10.1. The second kappa shape index (κ2) is 7.41. The van der Waals surface area contributed by atoms with E-state index in [-0.39, 0.29) is 11.5 Å². The number of nitrogens with zero attached hydrogens (tertiary/aromatic N) is 2. The van der Waals surface area contributed by atoms with E-state index >= 15 is 0 Å². The van der Waals surface area contributed by atoms with E-state index < -0.39 is 5.97 Å². The van der Waals surface area contributed by atoms with Crippen molar-refractivity contribution >= 4 is 27.8 Å². The van der Waals surface area contributed by atoms with Crippen LogP contribution in [0.25, 0.3) is 0 Å². The van der Waals surface area contributed by atoms with Gasteiger partial charge in [0.1, 0.15) is 0 Å². The van der Waals surface area contributed by atoms with Gasteiger partial charge in [-0.05, 0) is 44.5 Å². The largest absolute Gasteiger partial charge is 0.478 e. The van der Waals surface area contributed by atoms with Gasteiger partial charge in [-0.25, -0.2) is 4.79 Å². The molecule has 0 bridgehead atoms. The van der Waals surface area contributed by atoms with Crippen LogP contribution in [0.1, 0.15) is 38.5 Å². The fourth-order valence-electron chi connectivity index (χ4n) is 2.28. The molecular formula is C16H18BrN3O3. The molecule has 2 aromatic rings. The highest BCUT2D eigenvalue weighted by atomic mass is 79.9. The zero-order valence-corrected chi connectivity index (χ0v) is 14.6. The Morgan fingerprint density at radius 3 is 2.52 bits per heavy atom. The monoisotopic (exact) mass is 379 g/mol. The van der Waals surface area contributed by atoms with Crippen molar-refractivity contribution < 1.29 is 14.7 Å². The molecule has 0 saturated heterocycles. The molecule has 0 radical (unpaired) electrons. The maximum Gasteiger partial charge on any atom is 0.335 e.